The third kappa shape index (κ3) is 3.07. The predicted molar refractivity (Wildman–Crippen MR) is 94.0 cm³/mol. The van der Waals surface area contributed by atoms with Crippen molar-refractivity contribution in [3.05, 3.63) is 23.9 Å². The highest BCUT2D eigenvalue weighted by molar-refractivity contribution is 5.75. The van der Waals surface area contributed by atoms with Crippen molar-refractivity contribution >= 4 is 11.8 Å². The van der Waals surface area contributed by atoms with E-state index in [2.05, 4.69) is 33.2 Å². The number of nitrogens with zero attached hydrogens (tertiary/aromatic N) is 4. The Bertz CT molecular complexity index is 599. The van der Waals surface area contributed by atoms with Gasteiger partial charge in [-0.1, -0.05) is 6.07 Å². The van der Waals surface area contributed by atoms with Crippen LogP contribution in [-0.4, -0.2) is 66.6 Å². The number of anilines is 1. The number of amides is 2. The van der Waals surface area contributed by atoms with Gasteiger partial charge in [0.15, 0.2) is 0 Å². The Morgan fingerprint density at radius 3 is 2.83 bits per heavy atom. The maximum absolute atomic E-state index is 12.5. The Hall–Kier alpha value is -1.82. The Kier molecular flexibility index (Phi) is 4.31. The molecule has 3 fully saturated rings. The van der Waals surface area contributed by atoms with Gasteiger partial charge in [-0.25, -0.2) is 9.78 Å². The van der Waals surface area contributed by atoms with Crippen molar-refractivity contribution in [1.82, 2.24) is 20.1 Å². The van der Waals surface area contributed by atoms with Crippen LogP contribution in [0.15, 0.2) is 18.3 Å². The van der Waals surface area contributed by atoms with Gasteiger partial charge < -0.3 is 20.0 Å². The Morgan fingerprint density at radius 1 is 1.29 bits per heavy atom. The van der Waals surface area contributed by atoms with Crippen LogP contribution in [0.1, 0.15) is 24.8 Å². The number of fused-ring (bicyclic) bond motifs is 2. The average Bonchev–Trinajstić information content (AvgIpc) is 3.24. The highest BCUT2D eigenvalue weighted by Gasteiger charge is 2.40. The van der Waals surface area contributed by atoms with E-state index in [-0.39, 0.29) is 6.03 Å². The maximum atomic E-state index is 12.5. The molecule has 2 atom stereocenters. The summed E-state index contributed by atoms with van der Waals surface area (Å²) in [5.74, 6) is 1.76. The predicted octanol–water partition coefficient (Wildman–Crippen LogP) is 1.53. The van der Waals surface area contributed by atoms with Crippen LogP contribution in [0.25, 0.3) is 0 Å². The second-order valence-electron chi connectivity index (χ2n) is 7.42. The molecule has 2 bridgehead atoms. The lowest BCUT2D eigenvalue weighted by Crippen LogP contribution is -2.46. The molecule has 2 unspecified atom stereocenters. The number of piperazine rings is 1. The number of nitrogens with one attached hydrogen (secondary N) is 1. The van der Waals surface area contributed by atoms with Gasteiger partial charge in [0.25, 0.3) is 0 Å². The topological polar surface area (TPSA) is 51.7 Å². The first-order valence-corrected chi connectivity index (χ1v) is 9.12. The minimum Gasteiger partial charge on any atom is -0.354 e. The summed E-state index contributed by atoms with van der Waals surface area (Å²) in [6.07, 6.45) is 5.52. The molecule has 3 aliphatic rings. The second kappa shape index (κ2) is 6.59. The summed E-state index contributed by atoms with van der Waals surface area (Å²) >= 11 is 0. The van der Waals surface area contributed by atoms with E-state index in [0.717, 1.165) is 50.0 Å². The van der Waals surface area contributed by atoms with Crippen molar-refractivity contribution in [3.63, 3.8) is 0 Å². The van der Waals surface area contributed by atoms with Crippen LogP contribution in [0.3, 0.4) is 0 Å². The molecule has 1 aliphatic carbocycles. The van der Waals surface area contributed by atoms with Gasteiger partial charge in [0.05, 0.1) is 0 Å². The molecule has 1 saturated carbocycles. The average molecular weight is 329 g/mol. The molecule has 1 N–H and O–H groups in total. The molecular weight excluding hydrogens is 302 g/mol. The molecule has 2 aliphatic heterocycles. The number of hydrogen-bond acceptors (Lipinski definition) is 4. The quantitative estimate of drug-likeness (QED) is 0.914. The number of aromatic nitrogens is 1. The summed E-state index contributed by atoms with van der Waals surface area (Å²) in [6, 6.07) is 4.60. The number of carbonyl (C=O) groups is 1. The molecule has 6 heteroatoms. The van der Waals surface area contributed by atoms with Gasteiger partial charge in [0.2, 0.25) is 0 Å². The molecule has 130 valence electrons. The van der Waals surface area contributed by atoms with Crippen LogP contribution >= 0.6 is 0 Å². The molecule has 2 saturated heterocycles. The lowest BCUT2D eigenvalue weighted by molar-refractivity contribution is 0.180. The van der Waals surface area contributed by atoms with Crippen LogP contribution in [0.4, 0.5) is 10.6 Å². The number of carbonyl (C=O) groups excluding carboxylic acids is 1. The summed E-state index contributed by atoms with van der Waals surface area (Å²) in [5, 5.41) is 3.12. The zero-order valence-electron chi connectivity index (χ0n) is 14.4. The monoisotopic (exact) mass is 329 g/mol. The van der Waals surface area contributed by atoms with Gasteiger partial charge in [-0.15, -0.1) is 0 Å². The van der Waals surface area contributed by atoms with Crippen molar-refractivity contribution in [1.29, 1.82) is 0 Å². The maximum Gasteiger partial charge on any atom is 0.317 e. The summed E-state index contributed by atoms with van der Waals surface area (Å²) in [4.78, 5) is 23.8. The van der Waals surface area contributed by atoms with Crippen LogP contribution in [0, 0.1) is 5.92 Å². The molecule has 1 aromatic heterocycles. The number of piperidine rings is 1. The summed E-state index contributed by atoms with van der Waals surface area (Å²) in [7, 11) is 2.15. The first-order valence-electron chi connectivity index (χ1n) is 9.12. The first-order chi connectivity index (χ1) is 11.7. The summed E-state index contributed by atoms with van der Waals surface area (Å²) in [5.41, 5.74) is 1.11. The van der Waals surface area contributed by atoms with Crippen molar-refractivity contribution in [3.8, 4) is 0 Å². The van der Waals surface area contributed by atoms with E-state index in [1.165, 1.54) is 19.3 Å². The standard InChI is InChI=1S/C18H27N5O/c1-21-7-9-22(10-8-21)17-15(3-2-6-19-17)12-20-18(24)23-13-14-4-5-16(23)11-14/h2-3,6,14,16H,4-5,7-13H2,1H3,(H,20,24). The van der Waals surface area contributed by atoms with Crippen LogP contribution < -0.4 is 10.2 Å². The minimum atomic E-state index is 0.0929. The van der Waals surface area contributed by atoms with Crippen molar-refractivity contribution in [2.45, 2.75) is 31.8 Å². The van der Waals surface area contributed by atoms with E-state index in [1.807, 2.05) is 17.2 Å². The van der Waals surface area contributed by atoms with Crippen LogP contribution in [-0.2, 0) is 6.54 Å². The zero-order valence-corrected chi connectivity index (χ0v) is 14.4. The SMILES string of the molecule is CN1CCN(c2ncccc2CNC(=O)N2CC3CCC2C3)CC1. The van der Waals surface area contributed by atoms with Crippen molar-refractivity contribution < 1.29 is 4.79 Å². The van der Waals surface area contributed by atoms with Gasteiger partial charge in [-0.05, 0) is 38.3 Å². The zero-order chi connectivity index (χ0) is 16.5. The molecule has 2 amide bonds. The van der Waals surface area contributed by atoms with Crippen LogP contribution in [0.2, 0.25) is 0 Å². The smallest absolute Gasteiger partial charge is 0.317 e. The molecule has 1 aromatic rings. The number of likely N-dealkylation sites (N-methyl/N-ethyl adjacent to an activating group) is 1. The van der Waals surface area contributed by atoms with E-state index in [0.29, 0.717) is 12.6 Å². The Morgan fingerprint density at radius 2 is 2.12 bits per heavy atom. The minimum absolute atomic E-state index is 0.0929. The lowest BCUT2D eigenvalue weighted by atomic mass is 10.1. The third-order valence-corrected chi connectivity index (χ3v) is 5.77. The molecular formula is C18H27N5O. The second-order valence-corrected chi connectivity index (χ2v) is 7.42. The molecule has 3 heterocycles. The Balaban J connectivity index is 1.39. The third-order valence-electron chi connectivity index (χ3n) is 5.77. The fraction of sp³-hybridized carbons (Fsp3) is 0.667. The fourth-order valence-corrected chi connectivity index (χ4v) is 4.32. The summed E-state index contributed by atoms with van der Waals surface area (Å²) < 4.78 is 0. The largest absolute Gasteiger partial charge is 0.354 e. The van der Waals surface area contributed by atoms with Crippen molar-refractivity contribution in [2.75, 3.05) is 44.7 Å². The number of pyridine rings is 1. The number of likely N-dealkylation sites (tertiary alicyclic amines) is 1. The molecule has 6 nitrogen and oxygen atoms in total. The molecule has 0 radical (unpaired) electrons. The van der Waals surface area contributed by atoms with Gasteiger partial charge in [0.1, 0.15) is 5.82 Å². The molecule has 4 rings (SSSR count). The van der Waals surface area contributed by atoms with E-state index in [1.54, 1.807) is 0 Å². The molecule has 0 spiro atoms. The summed E-state index contributed by atoms with van der Waals surface area (Å²) in [6.45, 7) is 5.59. The van der Waals surface area contributed by atoms with Gasteiger partial charge in [-0.2, -0.15) is 0 Å². The van der Waals surface area contributed by atoms with E-state index >= 15 is 0 Å². The number of hydrogen-bond donors (Lipinski definition) is 1. The number of urea groups is 1. The van der Waals surface area contributed by atoms with Gasteiger partial charge in [0, 0.05) is 57.1 Å². The highest BCUT2D eigenvalue weighted by atomic mass is 16.2. The Labute approximate surface area is 143 Å². The number of rotatable bonds is 3. The lowest BCUT2D eigenvalue weighted by Gasteiger charge is -2.34. The van der Waals surface area contributed by atoms with E-state index < -0.39 is 0 Å². The van der Waals surface area contributed by atoms with Gasteiger partial charge in [-0.3, -0.25) is 0 Å². The van der Waals surface area contributed by atoms with E-state index in [9.17, 15) is 4.79 Å². The highest BCUT2D eigenvalue weighted by Crippen LogP contribution is 2.37. The van der Waals surface area contributed by atoms with Crippen LogP contribution in [0.5, 0.6) is 0 Å². The fourth-order valence-electron chi connectivity index (χ4n) is 4.32. The first kappa shape index (κ1) is 15.7. The molecule has 0 aromatic carbocycles. The van der Waals surface area contributed by atoms with E-state index in [4.69, 9.17) is 0 Å². The normalized spacial score (nSPS) is 26.9. The molecule has 24 heavy (non-hydrogen) atoms. The van der Waals surface area contributed by atoms with Crippen molar-refractivity contribution in [2.24, 2.45) is 5.92 Å². The van der Waals surface area contributed by atoms with Gasteiger partial charge >= 0.3 is 6.03 Å².